The van der Waals surface area contributed by atoms with Crippen LogP contribution in [-0.2, 0) is 14.2 Å². The Labute approximate surface area is 281 Å². The smallest absolute Gasteiger partial charge is 0.278 e. The molecule has 0 aliphatic heterocycles. The van der Waals surface area contributed by atoms with E-state index in [0.717, 1.165) is 72.5 Å². The van der Waals surface area contributed by atoms with Gasteiger partial charge in [-0.05, 0) is 9.64 Å². The van der Waals surface area contributed by atoms with E-state index in [-0.39, 0.29) is 26.4 Å². The number of hydrogen-bond acceptors (Lipinski definition) is 7. The van der Waals surface area contributed by atoms with Crippen molar-refractivity contribution in [2.24, 2.45) is 0 Å². The first-order valence-corrected chi connectivity index (χ1v) is 28.9. The van der Waals surface area contributed by atoms with Crippen molar-refractivity contribution >= 4 is 32.3 Å². The average molecular weight is 707 g/mol. The van der Waals surface area contributed by atoms with Gasteiger partial charge in [-0.25, -0.2) is 0 Å². The van der Waals surface area contributed by atoms with E-state index >= 15 is 0 Å². The fourth-order valence-corrected chi connectivity index (χ4v) is 35.8. The maximum absolute atomic E-state index is 10.6. The van der Waals surface area contributed by atoms with Crippen LogP contribution < -0.4 is 0 Å². The molecule has 0 bridgehead atoms. The van der Waals surface area contributed by atoms with Crippen molar-refractivity contribution in [1.82, 2.24) is 0 Å². The Morgan fingerprint density at radius 2 is 0.622 bits per heavy atom. The van der Waals surface area contributed by atoms with Crippen LogP contribution in [0, 0.1) is 0 Å². The third-order valence-electron chi connectivity index (χ3n) is 12.1. The third-order valence-corrected chi connectivity index (χ3v) is 39.7. The van der Waals surface area contributed by atoms with Gasteiger partial charge in [0.15, 0.2) is 0 Å². The summed E-state index contributed by atoms with van der Waals surface area (Å²) < 4.78 is 20.6. The Balaban J connectivity index is 8.59. The van der Waals surface area contributed by atoms with Crippen LogP contribution in [0.2, 0.25) is 72.5 Å². The molecule has 0 radical (unpaired) electrons. The van der Waals surface area contributed by atoms with E-state index in [1.165, 1.54) is 9.64 Å². The first kappa shape index (κ1) is 44.6. The summed E-state index contributed by atoms with van der Waals surface area (Å²) in [5, 5.41) is 40.7. The molecule has 0 saturated carbocycles. The monoisotopic (exact) mass is 706 g/mol. The van der Waals surface area contributed by atoms with E-state index in [9.17, 15) is 20.4 Å². The minimum atomic E-state index is -2.08. The molecule has 11 heteroatoms. The van der Waals surface area contributed by atoms with Crippen molar-refractivity contribution in [3.05, 3.63) is 21.5 Å². The molecule has 0 fully saturated rings. The van der Waals surface area contributed by atoms with E-state index in [4.69, 9.17) is 14.2 Å². The zero-order valence-electron chi connectivity index (χ0n) is 31.5. The van der Waals surface area contributed by atoms with E-state index in [0.29, 0.717) is 11.9 Å². The molecule has 0 heterocycles. The Morgan fingerprint density at radius 3 is 0.778 bits per heavy atom. The Kier molecular flexibility index (Phi) is 21.3. The minimum absolute atomic E-state index is 0.0593. The van der Waals surface area contributed by atoms with Gasteiger partial charge in [0.1, 0.15) is 25.4 Å². The molecule has 7 nitrogen and oxygen atoms in total. The van der Waals surface area contributed by atoms with Gasteiger partial charge >= 0.3 is 0 Å². The van der Waals surface area contributed by atoms with Crippen LogP contribution in [0.3, 0.4) is 0 Å². The average Bonchev–Trinajstić information content (AvgIpc) is 3.09. The van der Waals surface area contributed by atoms with Crippen molar-refractivity contribution in [3.63, 3.8) is 0 Å². The van der Waals surface area contributed by atoms with Crippen LogP contribution in [0.15, 0.2) is 21.5 Å². The number of hydrogen-bond donors (Lipinski definition) is 4. The Bertz CT molecular complexity index is 733. The highest BCUT2D eigenvalue weighted by Gasteiger charge is 2.50. The molecule has 0 aliphatic carbocycles. The van der Waals surface area contributed by atoms with E-state index in [1.807, 2.05) is 0 Å². The normalized spacial score (nSPS) is 14.1. The first-order chi connectivity index (χ1) is 21.4. The van der Waals surface area contributed by atoms with Crippen LogP contribution in [0.4, 0.5) is 0 Å². The molecule has 0 aliphatic rings. The van der Waals surface area contributed by atoms with Crippen LogP contribution in [0.1, 0.15) is 83.1 Å². The second-order valence-corrected chi connectivity index (χ2v) is 34.8. The van der Waals surface area contributed by atoms with Gasteiger partial charge in [0.2, 0.25) is 0 Å². The summed E-state index contributed by atoms with van der Waals surface area (Å²) in [6.07, 6.45) is -2.05. The fraction of sp³-hybridized carbons (Fsp3) is 0.882. The van der Waals surface area contributed by atoms with Crippen LogP contribution in [0.25, 0.3) is 0 Å². The van der Waals surface area contributed by atoms with Gasteiger partial charge in [-0.3, -0.25) is 0 Å². The molecule has 0 spiro atoms. The molecule has 4 N–H and O–H groups in total. The molecule has 0 saturated heterocycles. The van der Waals surface area contributed by atoms with Gasteiger partial charge < -0.3 is 34.6 Å². The molecule has 45 heavy (non-hydrogen) atoms. The summed E-state index contributed by atoms with van der Waals surface area (Å²) in [4.78, 5) is 2.83. The molecular weight excluding hydrogens is 633 g/mol. The quantitative estimate of drug-likeness (QED) is 0.0529. The van der Waals surface area contributed by atoms with Crippen molar-refractivity contribution < 1.29 is 34.6 Å². The highest BCUT2D eigenvalue weighted by atomic mass is 28.4. The standard InChI is InChI=1S/C34H74O7Si4/c1-13-42(14-2,15-3)33(43(16-4,17-5)18-6)31(39-27-29(37)25-35)41-32(40-28-30(38)26-36)34(44(19-7,20-8)21-9)45(22-10,23-11)24-12/h29-30,35-38H,13-28H2,1-12H3. The SMILES string of the molecule is CC[Si](CC)(CC)C(=C(OCC(O)CO)OC(OCC(O)CO)=C([Si](CC)(CC)CC)[Si](CC)(CC)CC)[Si](CC)(CC)CC. The highest BCUT2D eigenvalue weighted by molar-refractivity contribution is 7.08. The first-order valence-electron chi connectivity index (χ1n) is 18.4. The molecule has 0 aromatic carbocycles. The number of aliphatic hydroxyl groups is 4. The van der Waals surface area contributed by atoms with Gasteiger partial charge in [-0.1, -0.05) is 156 Å². The van der Waals surface area contributed by atoms with E-state index in [1.54, 1.807) is 0 Å². The summed E-state index contributed by atoms with van der Waals surface area (Å²) in [6.45, 7) is 27.0. The highest BCUT2D eigenvalue weighted by Crippen LogP contribution is 2.46. The van der Waals surface area contributed by atoms with Gasteiger partial charge in [-0.2, -0.15) is 0 Å². The minimum Gasteiger partial charge on any atom is -0.463 e. The zero-order chi connectivity index (χ0) is 34.9. The molecule has 2 unspecified atom stereocenters. The van der Waals surface area contributed by atoms with Gasteiger partial charge in [0.25, 0.3) is 11.9 Å². The fourth-order valence-electron chi connectivity index (χ4n) is 7.95. The molecule has 0 amide bonds. The second kappa shape index (κ2) is 21.5. The predicted molar refractivity (Wildman–Crippen MR) is 202 cm³/mol. The lowest BCUT2D eigenvalue weighted by Gasteiger charge is -2.45. The van der Waals surface area contributed by atoms with Gasteiger partial charge in [-0.15, -0.1) is 0 Å². The van der Waals surface area contributed by atoms with Crippen molar-refractivity contribution in [1.29, 1.82) is 0 Å². The summed E-state index contributed by atoms with van der Waals surface area (Å²) in [5.41, 5.74) is 0. The maximum atomic E-state index is 10.6. The second-order valence-electron chi connectivity index (χ2n) is 13.1. The number of ether oxygens (including phenoxy) is 3. The van der Waals surface area contributed by atoms with E-state index in [2.05, 4.69) is 83.1 Å². The topological polar surface area (TPSA) is 109 Å². The maximum Gasteiger partial charge on any atom is 0.278 e. The molecule has 0 rings (SSSR count). The van der Waals surface area contributed by atoms with Gasteiger partial charge in [0.05, 0.1) is 45.5 Å². The zero-order valence-corrected chi connectivity index (χ0v) is 35.5. The molecule has 0 aromatic rings. The lowest BCUT2D eigenvalue weighted by molar-refractivity contribution is -0.0553. The lowest BCUT2D eigenvalue weighted by atomic mass is 10.4. The van der Waals surface area contributed by atoms with Crippen molar-refractivity contribution in [2.45, 2.75) is 168 Å². The van der Waals surface area contributed by atoms with Crippen LogP contribution in [0.5, 0.6) is 0 Å². The van der Waals surface area contributed by atoms with Gasteiger partial charge in [0, 0.05) is 0 Å². The Morgan fingerprint density at radius 1 is 0.422 bits per heavy atom. The van der Waals surface area contributed by atoms with Crippen LogP contribution >= 0.6 is 0 Å². The van der Waals surface area contributed by atoms with E-state index < -0.39 is 44.5 Å². The third kappa shape index (κ3) is 10.3. The predicted octanol–water partition coefficient (Wildman–Crippen LogP) is 8.36. The summed E-state index contributed by atoms with van der Waals surface area (Å²) in [7, 11) is -8.33. The van der Waals surface area contributed by atoms with Crippen LogP contribution in [-0.4, -0.2) is 91.4 Å². The molecule has 268 valence electrons. The summed E-state index contributed by atoms with van der Waals surface area (Å²) >= 11 is 0. The molecule has 2 atom stereocenters. The van der Waals surface area contributed by atoms with Crippen molar-refractivity contribution in [2.75, 3.05) is 26.4 Å². The summed E-state index contributed by atoms with van der Waals surface area (Å²) in [5.74, 6) is 1.03. The number of aliphatic hydroxyl groups excluding tert-OH is 4. The Hall–Kier alpha value is -0.412. The number of rotatable bonds is 26. The lowest BCUT2D eigenvalue weighted by Crippen LogP contribution is -2.52. The van der Waals surface area contributed by atoms with Crippen molar-refractivity contribution in [3.8, 4) is 0 Å². The molecular formula is C34H74O7Si4. The largest absolute Gasteiger partial charge is 0.463 e. The molecule has 0 aromatic heterocycles. The summed E-state index contributed by atoms with van der Waals surface area (Å²) in [6, 6.07) is 12.9.